The third kappa shape index (κ3) is 7.32. The van der Waals surface area contributed by atoms with E-state index in [4.69, 9.17) is 23.2 Å². The summed E-state index contributed by atoms with van der Waals surface area (Å²) < 4.78 is 113. The van der Waals surface area contributed by atoms with E-state index in [1.165, 1.54) is 79.7 Å². The number of ether oxygens (including phenoxy) is 1. The standard InChI is InChI=1S/C30H27Cl2F6N3O5S/c1-40(27(42)46-2)14-5-15-47(44,45)21-7-3-6-20(16-21)18-10-12-19(13-11-18)24-17-25(28(43,29(33,34)35)30(36,37)38)39-41(24)26-22(31)8-4-9-23(26)32/h3-4,6-13,16,24,43H,5,14-15,17H2,1-2H3. The van der Waals surface area contributed by atoms with Crippen molar-refractivity contribution in [1.29, 1.82) is 0 Å². The molecular weight excluding hydrogens is 699 g/mol. The van der Waals surface area contributed by atoms with Crippen LogP contribution < -0.4 is 5.01 Å². The molecule has 1 unspecified atom stereocenters. The molecule has 3 aromatic carbocycles. The van der Waals surface area contributed by atoms with Crippen LogP contribution in [0.3, 0.4) is 0 Å². The maximum Gasteiger partial charge on any atom is 0.431 e. The second-order valence-corrected chi connectivity index (χ2v) is 13.5. The average Bonchev–Trinajstić information content (AvgIpc) is 3.44. The lowest BCUT2D eigenvalue weighted by Gasteiger charge is -2.32. The molecule has 17 heteroatoms. The first kappa shape index (κ1) is 36.3. The lowest BCUT2D eigenvalue weighted by atomic mass is 9.89. The molecule has 0 saturated carbocycles. The number of methoxy groups -OCH3 is 1. The van der Waals surface area contributed by atoms with Gasteiger partial charge in [0.05, 0.1) is 45.2 Å². The Kier molecular flexibility index (Phi) is 10.5. The largest absolute Gasteiger partial charge is 0.453 e. The number of para-hydroxylation sites is 1. The van der Waals surface area contributed by atoms with Crippen LogP contribution in [0.2, 0.25) is 10.0 Å². The number of anilines is 1. The summed E-state index contributed by atoms with van der Waals surface area (Å²) >= 11 is 12.5. The van der Waals surface area contributed by atoms with Crippen molar-refractivity contribution in [2.75, 3.05) is 31.5 Å². The van der Waals surface area contributed by atoms with Gasteiger partial charge in [-0.2, -0.15) is 31.4 Å². The molecule has 1 aliphatic rings. The summed E-state index contributed by atoms with van der Waals surface area (Å²) in [7, 11) is -1.09. The minimum Gasteiger partial charge on any atom is -0.453 e. The molecule has 1 aliphatic heterocycles. The van der Waals surface area contributed by atoms with Gasteiger partial charge in [-0.25, -0.2) is 13.2 Å². The molecule has 8 nitrogen and oxygen atoms in total. The van der Waals surface area contributed by atoms with E-state index in [1.54, 1.807) is 6.07 Å². The van der Waals surface area contributed by atoms with Crippen LogP contribution in [0.1, 0.15) is 24.4 Å². The van der Waals surface area contributed by atoms with Crippen molar-refractivity contribution in [3.05, 3.63) is 82.3 Å². The molecule has 1 amide bonds. The summed E-state index contributed by atoms with van der Waals surface area (Å²) in [6, 6.07) is 14.6. The number of carbonyl (C=O) groups is 1. The zero-order valence-corrected chi connectivity index (χ0v) is 26.9. The van der Waals surface area contributed by atoms with Crippen LogP contribution in [0.4, 0.5) is 36.8 Å². The van der Waals surface area contributed by atoms with Crippen LogP contribution in [-0.2, 0) is 14.6 Å². The van der Waals surface area contributed by atoms with Crippen LogP contribution in [0, 0.1) is 0 Å². The van der Waals surface area contributed by atoms with E-state index < -0.39 is 52.1 Å². The number of halogens is 8. The number of hydrogen-bond acceptors (Lipinski definition) is 7. The molecule has 1 atom stereocenters. The van der Waals surface area contributed by atoms with E-state index in [2.05, 4.69) is 9.84 Å². The first-order valence-electron chi connectivity index (χ1n) is 13.7. The van der Waals surface area contributed by atoms with Gasteiger partial charge in [-0.05, 0) is 47.4 Å². The Morgan fingerprint density at radius 2 is 1.55 bits per heavy atom. The SMILES string of the molecule is COC(=O)N(C)CCCS(=O)(=O)c1cccc(-c2ccc(C3CC(C(O)(C(F)(F)F)C(F)(F)F)=NN3c3c(Cl)cccc3Cl)cc2)c1. The van der Waals surface area contributed by atoms with Gasteiger partial charge in [-0.1, -0.05) is 65.7 Å². The molecule has 0 bridgehead atoms. The third-order valence-electron chi connectivity index (χ3n) is 7.53. The first-order valence-corrected chi connectivity index (χ1v) is 16.1. The number of hydrazone groups is 1. The number of carbonyl (C=O) groups excluding carboxylic acids is 1. The van der Waals surface area contributed by atoms with Gasteiger partial charge in [0.15, 0.2) is 9.84 Å². The zero-order valence-electron chi connectivity index (χ0n) is 24.6. The Labute approximate surface area is 276 Å². The lowest BCUT2D eigenvalue weighted by molar-refractivity contribution is -0.338. The van der Waals surface area contributed by atoms with Gasteiger partial charge in [-0.15, -0.1) is 0 Å². The fraction of sp³-hybridized carbons (Fsp3) is 0.333. The van der Waals surface area contributed by atoms with Gasteiger partial charge in [0.1, 0.15) is 0 Å². The maximum absolute atomic E-state index is 13.8. The first-order chi connectivity index (χ1) is 21.8. The molecule has 4 rings (SSSR count). The lowest BCUT2D eigenvalue weighted by Crippen LogP contribution is -2.62. The minimum absolute atomic E-state index is 0.00626. The van der Waals surface area contributed by atoms with E-state index in [0.717, 1.165) is 5.01 Å². The second kappa shape index (κ2) is 13.5. The highest BCUT2D eigenvalue weighted by Crippen LogP contribution is 2.50. The highest BCUT2D eigenvalue weighted by Gasteiger charge is 2.74. The summed E-state index contributed by atoms with van der Waals surface area (Å²) in [5.74, 6) is -0.261. The maximum atomic E-state index is 13.8. The second-order valence-electron chi connectivity index (χ2n) is 10.6. The van der Waals surface area contributed by atoms with Crippen LogP contribution in [-0.4, -0.2) is 74.6 Å². The topological polar surface area (TPSA) is 99.5 Å². The molecule has 0 spiro atoms. The van der Waals surface area contributed by atoms with Gasteiger partial charge in [-0.3, -0.25) is 5.01 Å². The number of sulfone groups is 1. The molecule has 47 heavy (non-hydrogen) atoms. The molecular formula is C30H27Cl2F6N3O5S. The summed E-state index contributed by atoms with van der Waals surface area (Å²) in [6.45, 7) is 0.138. The predicted molar refractivity (Wildman–Crippen MR) is 164 cm³/mol. The Morgan fingerprint density at radius 3 is 2.11 bits per heavy atom. The van der Waals surface area contributed by atoms with Crippen molar-refractivity contribution in [2.24, 2.45) is 5.10 Å². The summed E-state index contributed by atoms with van der Waals surface area (Å²) in [5, 5.41) is 14.3. The number of amides is 1. The highest BCUT2D eigenvalue weighted by atomic mass is 35.5. The van der Waals surface area contributed by atoms with E-state index >= 15 is 0 Å². The van der Waals surface area contributed by atoms with Gasteiger partial charge in [0.2, 0.25) is 0 Å². The molecule has 0 radical (unpaired) electrons. The van der Waals surface area contributed by atoms with Crippen LogP contribution >= 0.6 is 23.2 Å². The van der Waals surface area contributed by atoms with Crippen LogP contribution in [0.15, 0.2) is 76.7 Å². The van der Waals surface area contributed by atoms with Gasteiger partial charge in [0.25, 0.3) is 5.60 Å². The number of alkyl halides is 6. The van der Waals surface area contributed by atoms with Gasteiger partial charge in [0, 0.05) is 20.0 Å². The van der Waals surface area contributed by atoms with E-state index in [-0.39, 0.29) is 44.9 Å². The molecule has 0 aromatic heterocycles. The molecule has 1 N–H and O–H groups in total. The average molecular weight is 727 g/mol. The number of hydrogen-bond donors (Lipinski definition) is 1. The summed E-state index contributed by atoms with van der Waals surface area (Å²) in [6.07, 6.45) is -13.8. The van der Waals surface area contributed by atoms with Crippen molar-refractivity contribution in [3.8, 4) is 11.1 Å². The Bertz CT molecular complexity index is 1730. The molecule has 0 fully saturated rings. The normalized spacial score (nSPS) is 15.9. The molecule has 1 heterocycles. The Morgan fingerprint density at radius 1 is 0.979 bits per heavy atom. The van der Waals surface area contributed by atoms with Crippen LogP contribution in [0.25, 0.3) is 11.1 Å². The van der Waals surface area contributed by atoms with Crippen molar-refractivity contribution in [3.63, 3.8) is 0 Å². The molecule has 254 valence electrons. The van der Waals surface area contributed by atoms with E-state index in [9.17, 15) is 44.7 Å². The quantitative estimate of drug-likeness (QED) is 0.227. The van der Waals surface area contributed by atoms with Crippen LogP contribution in [0.5, 0.6) is 0 Å². The molecule has 3 aromatic rings. The molecule has 0 aliphatic carbocycles. The Balaban J connectivity index is 1.66. The number of benzene rings is 3. The Hall–Kier alpha value is -3.53. The fourth-order valence-corrected chi connectivity index (χ4v) is 6.92. The van der Waals surface area contributed by atoms with E-state index in [1.807, 2.05) is 0 Å². The summed E-state index contributed by atoms with van der Waals surface area (Å²) in [4.78, 5) is 12.8. The smallest absolute Gasteiger partial charge is 0.431 e. The van der Waals surface area contributed by atoms with Gasteiger partial charge >= 0.3 is 18.4 Å². The highest BCUT2D eigenvalue weighted by molar-refractivity contribution is 7.91. The van der Waals surface area contributed by atoms with Crippen molar-refractivity contribution < 1.29 is 49.4 Å². The van der Waals surface area contributed by atoms with Crippen molar-refractivity contribution in [1.82, 2.24) is 4.90 Å². The number of nitrogens with zero attached hydrogens (tertiary/aromatic N) is 3. The number of rotatable bonds is 9. The van der Waals surface area contributed by atoms with Gasteiger partial charge < -0.3 is 14.7 Å². The third-order valence-corrected chi connectivity index (χ3v) is 9.94. The molecule has 0 saturated heterocycles. The minimum atomic E-state index is -6.15. The van der Waals surface area contributed by atoms with E-state index in [0.29, 0.717) is 11.1 Å². The zero-order chi connectivity index (χ0) is 34.9. The monoisotopic (exact) mass is 725 g/mol. The van der Waals surface area contributed by atoms with Crippen molar-refractivity contribution in [2.45, 2.75) is 41.7 Å². The number of aliphatic hydroxyl groups is 1. The fourth-order valence-electron chi connectivity index (χ4n) is 5.01. The van der Waals surface area contributed by atoms with Crippen molar-refractivity contribution >= 4 is 50.5 Å². The summed E-state index contributed by atoms with van der Waals surface area (Å²) in [5.41, 5.74) is -5.86. The predicted octanol–water partition coefficient (Wildman–Crippen LogP) is 7.69.